The van der Waals surface area contributed by atoms with E-state index in [1.807, 2.05) is 0 Å². The second-order valence-corrected chi connectivity index (χ2v) is 6.27. The lowest BCUT2D eigenvalue weighted by Gasteiger charge is -2.17. The first-order valence-electron chi connectivity index (χ1n) is 7.08. The van der Waals surface area contributed by atoms with Crippen molar-refractivity contribution in [1.29, 1.82) is 0 Å². The minimum atomic E-state index is -1.85. The summed E-state index contributed by atoms with van der Waals surface area (Å²) in [5, 5.41) is -0.613. The van der Waals surface area contributed by atoms with Gasteiger partial charge in [-0.3, -0.25) is 0 Å². The third kappa shape index (κ3) is 6.30. The predicted molar refractivity (Wildman–Crippen MR) is 93.5 cm³/mol. The standard InChI is InChI=1S/C15H16Cl2O7S/c1-4-22-13(19)14(24-15(20)25-5-2)23-12(18)8-6-11(21-3)10(17)7-9(8)16/h6-7,14H,4-5H2,1-3H3. The van der Waals surface area contributed by atoms with Gasteiger partial charge in [-0.2, -0.15) is 0 Å². The number of carbonyl (C=O) groups excluding carboxylic acids is 3. The molecule has 0 spiro atoms. The molecule has 0 heterocycles. The first-order valence-corrected chi connectivity index (χ1v) is 8.82. The van der Waals surface area contributed by atoms with Crippen LogP contribution in [0.15, 0.2) is 12.1 Å². The van der Waals surface area contributed by atoms with E-state index >= 15 is 0 Å². The monoisotopic (exact) mass is 410 g/mol. The Labute approximate surface area is 158 Å². The van der Waals surface area contributed by atoms with E-state index in [0.29, 0.717) is 5.75 Å². The third-order valence-electron chi connectivity index (χ3n) is 2.62. The zero-order chi connectivity index (χ0) is 19.0. The fraction of sp³-hybridized carbons (Fsp3) is 0.400. The first kappa shape index (κ1) is 21.4. The maximum Gasteiger partial charge on any atom is 0.389 e. The molecule has 7 nitrogen and oxygen atoms in total. The van der Waals surface area contributed by atoms with Crippen molar-refractivity contribution >= 4 is 52.2 Å². The van der Waals surface area contributed by atoms with E-state index in [0.717, 1.165) is 11.8 Å². The molecule has 0 amide bonds. The zero-order valence-corrected chi connectivity index (χ0v) is 16.0. The Kier molecular flexibility index (Phi) is 8.88. The fourth-order valence-corrected chi connectivity index (χ4v) is 2.50. The predicted octanol–water partition coefficient (Wildman–Crippen LogP) is 3.94. The lowest BCUT2D eigenvalue weighted by atomic mass is 10.2. The van der Waals surface area contributed by atoms with Gasteiger partial charge in [0.05, 0.1) is 29.3 Å². The van der Waals surface area contributed by atoms with Gasteiger partial charge < -0.3 is 18.9 Å². The average molecular weight is 411 g/mol. The second-order valence-electron chi connectivity index (χ2n) is 4.26. The molecular weight excluding hydrogens is 395 g/mol. The minimum Gasteiger partial charge on any atom is -0.495 e. The number of thioether (sulfide) groups is 1. The highest BCUT2D eigenvalue weighted by atomic mass is 35.5. The molecule has 0 saturated carbocycles. The van der Waals surface area contributed by atoms with Gasteiger partial charge in [0.2, 0.25) is 0 Å². The van der Waals surface area contributed by atoms with E-state index in [1.165, 1.54) is 19.2 Å². The lowest BCUT2D eigenvalue weighted by molar-refractivity contribution is -0.172. The summed E-state index contributed by atoms with van der Waals surface area (Å²) < 4.78 is 19.5. The Morgan fingerprint density at radius 1 is 1.12 bits per heavy atom. The van der Waals surface area contributed by atoms with Gasteiger partial charge in [0.25, 0.3) is 0 Å². The second kappa shape index (κ2) is 10.4. The Hall–Kier alpha value is -1.64. The van der Waals surface area contributed by atoms with Crippen molar-refractivity contribution in [2.24, 2.45) is 0 Å². The number of rotatable bonds is 7. The largest absolute Gasteiger partial charge is 0.495 e. The Morgan fingerprint density at radius 3 is 2.36 bits per heavy atom. The molecule has 0 N–H and O–H groups in total. The molecule has 0 aromatic heterocycles. The van der Waals surface area contributed by atoms with E-state index in [4.69, 9.17) is 42.1 Å². The van der Waals surface area contributed by atoms with Crippen LogP contribution in [0.1, 0.15) is 24.2 Å². The molecule has 0 bridgehead atoms. The van der Waals surface area contributed by atoms with Crippen molar-refractivity contribution in [3.8, 4) is 5.75 Å². The van der Waals surface area contributed by atoms with Crippen molar-refractivity contribution in [2.75, 3.05) is 19.5 Å². The number of benzene rings is 1. The van der Waals surface area contributed by atoms with Gasteiger partial charge in [0.15, 0.2) is 0 Å². The number of halogens is 2. The summed E-state index contributed by atoms with van der Waals surface area (Å²) in [6.07, 6.45) is -1.85. The summed E-state index contributed by atoms with van der Waals surface area (Å²) in [6, 6.07) is 2.54. The van der Waals surface area contributed by atoms with E-state index in [2.05, 4.69) is 0 Å². The van der Waals surface area contributed by atoms with E-state index < -0.39 is 23.5 Å². The van der Waals surface area contributed by atoms with Crippen LogP contribution in [0.25, 0.3) is 0 Å². The highest BCUT2D eigenvalue weighted by Gasteiger charge is 2.30. The van der Waals surface area contributed by atoms with Crippen molar-refractivity contribution in [1.82, 2.24) is 0 Å². The van der Waals surface area contributed by atoms with Gasteiger partial charge in [0.1, 0.15) is 5.75 Å². The summed E-state index contributed by atoms with van der Waals surface area (Å²) in [4.78, 5) is 35.7. The first-order chi connectivity index (χ1) is 11.8. The van der Waals surface area contributed by atoms with Crippen LogP contribution < -0.4 is 4.74 Å². The molecule has 0 fully saturated rings. The van der Waals surface area contributed by atoms with Gasteiger partial charge in [0, 0.05) is 5.75 Å². The van der Waals surface area contributed by atoms with Crippen LogP contribution in [0.3, 0.4) is 0 Å². The van der Waals surface area contributed by atoms with Gasteiger partial charge in [-0.05, 0) is 30.8 Å². The molecule has 1 rings (SSSR count). The van der Waals surface area contributed by atoms with E-state index in [-0.39, 0.29) is 28.0 Å². The third-order valence-corrected chi connectivity index (χ3v) is 3.85. The molecule has 1 unspecified atom stereocenters. The fourth-order valence-electron chi connectivity index (χ4n) is 1.57. The summed E-state index contributed by atoms with van der Waals surface area (Å²) >= 11 is 12.7. The molecule has 0 aliphatic rings. The van der Waals surface area contributed by atoms with E-state index in [9.17, 15) is 14.4 Å². The summed E-state index contributed by atoms with van der Waals surface area (Å²) in [5.41, 5.74) is -0.114. The molecule has 1 aromatic rings. The highest BCUT2D eigenvalue weighted by molar-refractivity contribution is 8.13. The maximum absolute atomic E-state index is 12.3. The molecule has 1 aromatic carbocycles. The van der Waals surface area contributed by atoms with Crippen molar-refractivity contribution in [3.63, 3.8) is 0 Å². The van der Waals surface area contributed by atoms with Crippen LogP contribution >= 0.6 is 35.0 Å². The average Bonchev–Trinajstić information content (AvgIpc) is 2.54. The van der Waals surface area contributed by atoms with Crippen LogP contribution in [-0.2, 0) is 19.0 Å². The quantitative estimate of drug-likeness (QED) is 0.493. The van der Waals surface area contributed by atoms with E-state index in [1.54, 1.807) is 13.8 Å². The number of hydrogen-bond acceptors (Lipinski definition) is 8. The van der Waals surface area contributed by atoms with Crippen molar-refractivity contribution in [2.45, 2.75) is 20.1 Å². The van der Waals surface area contributed by atoms with Gasteiger partial charge in [-0.15, -0.1) is 0 Å². The molecule has 25 heavy (non-hydrogen) atoms. The topological polar surface area (TPSA) is 88.1 Å². The van der Waals surface area contributed by atoms with Gasteiger partial charge in [-0.25, -0.2) is 14.4 Å². The minimum absolute atomic E-state index is 0.0148. The molecule has 138 valence electrons. The molecular formula is C15H16Cl2O7S. The lowest BCUT2D eigenvalue weighted by Crippen LogP contribution is -2.33. The Bertz CT molecular complexity index is 651. The molecule has 0 aliphatic carbocycles. The molecule has 0 radical (unpaired) electrons. The number of methoxy groups -OCH3 is 1. The van der Waals surface area contributed by atoms with Crippen molar-refractivity contribution in [3.05, 3.63) is 27.7 Å². The molecule has 0 saturated heterocycles. The SMILES string of the molecule is CCOC(=O)C(OC(=O)SCC)OC(=O)c1cc(OC)c(Cl)cc1Cl. The summed E-state index contributed by atoms with van der Waals surface area (Å²) in [5.74, 6) is -1.42. The molecule has 0 aliphatic heterocycles. The smallest absolute Gasteiger partial charge is 0.389 e. The van der Waals surface area contributed by atoms with Crippen LogP contribution in [0.4, 0.5) is 4.79 Å². The van der Waals surface area contributed by atoms with Crippen LogP contribution in [0.5, 0.6) is 5.75 Å². The number of ether oxygens (including phenoxy) is 4. The Morgan fingerprint density at radius 2 is 1.80 bits per heavy atom. The van der Waals surface area contributed by atoms with Crippen LogP contribution in [0, 0.1) is 0 Å². The van der Waals surface area contributed by atoms with Gasteiger partial charge >= 0.3 is 23.5 Å². The number of hydrogen-bond donors (Lipinski definition) is 0. The Balaban J connectivity index is 3.01. The number of carbonyl (C=O) groups is 3. The summed E-state index contributed by atoms with van der Waals surface area (Å²) in [7, 11) is 1.36. The normalized spacial score (nSPS) is 11.4. The van der Waals surface area contributed by atoms with Crippen LogP contribution in [-0.4, -0.2) is 43.0 Å². The van der Waals surface area contributed by atoms with Crippen molar-refractivity contribution < 1.29 is 33.3 Å². The van der Waals surface area contributed by atoms with Crippen LogP contribution in [0.2, 0.25) is 10.0 Å². The highest BCUT2D eigenvalue weighted by Crippen LogP contribution is 2.31. The maximum atomic E-state index is 12.3. The zero-order valence-electron chi connectivity index (χ0n) is 13.7. The summed E-state index contributed by atoms with van der Waals surface area (Å²) in [6.45, 7) is 3.29. The molecule has 10 heteroatoms. The molecule has 1 atom stereocenters. The number of esters is 2. The van der Waals surface area contributed by atoms with Gasteiger partial charge in [-0.1, -0.05) is 30.1 Å².